The first-order valence-corrected chi connectivity index (χ1v) is 8.75. The van der Waals surface area contributed by atoms with Crippen LogP contribution in [0.2, 0.25) is 0 Å². The van der Waals surface area contributed by atoms with E-state index in [4.69, 9.17) is 0 Å². The Morgan fingerprint density at radius 2 is 2.17 bits per heavy atom. The Hall–Kier alpha value is -2.60. The Labute approximate surface area is 145 Å². The molecule has 2 heterocycles. The number of hydrogen-bond acceptors (Lipinski definition) is 4. The fraction of sp³-hybridized carbons (Fsp3) is 0.167. The summed E-state index contributed by atoms with van der Waals surface area (Å²) in [6.45, 7) is 0.417. The van der Waals surface area contributed by atoms with E-state index in [1.165, 1.54) is 0 Å². The number of nitrogens with one attached hydrogen (secondary N) is 1. The SMILES string of the molecule is CSc1cccc(C(=O)NCc2cccnc2-c2cnn(C)c2)c1. The maximum atomic E-state index is 12.4. The molecular formula is C18H18N4OS. The summed E-state index contributed by atoms with van der Waals surface area (Å²) in [6.07, 6.45) is 7.42. The summed E-state index contributed by atoms with van der Waals surface area (Å²) >= 11 is 1.62. The van der Waals surface area contributed by atoms with Crippen LogP contribution in [0.25, 0.3) is 11.3 Å². The largest absolute Gasteiger partial charge is 0.348 e. The van der Waals surface area contributed by atoms with Gasteiger partial charge in [0.25, 0.3) is 5.91 Å². The van der Waals surface area contributed by atoms with E-state index < -0.39 is 0 Å². The van der Waals surface area contributed by atoms with Crippen molar-refractivity contribution in [1.82, 2.24) is 20.1 Å². The maximum absolute atomic E-state index is 12.4. The lowest BCUT2D eigenvalue weighted by Gasteiger charge is -2.09. The molecule has 0 unspecified atom stereocenters. The topological polar surface area (TPSA) is 59.8 Å². The summed E-state index contributed by atoms with van der Waals surface area (Å²) in [7, 11) is 1.87. The normalized spacial score (nSPS) is 10.6. The minimum absolute atomic E-state index is 0.0908. The van der Waals surface area contributed by atoms with Crippen molar-refractivity contribution in [3.63, 3.8) is 0 Å². The van der Waals surface area contributed by atoms with Crippen molar-refractivity contribution in [2.45, 2.75) is 11.4 Å². The molecular weight excluding hydrogens is 320 g/mol. The summed E-state index contributed by atoms with van der Waals surface area (Å²) in [5, 5.41) is 7.15. The third-order valence-electron chi connectivity index (χ3n) is 3.64. The maximum Gasteiger partial charge on any atom is 0.251 e. The molecule has 0 radical (unpaired) electrons. The Kier molecular flexibility index (Phi) is 4.96. The lowest BCUT2D eigenvalue weighted by molar-refractivity contribution is 0.0950. The Morgan fingerprint density at radius 3 is 2.92 bits per heavy atom. The molecule has 3 aromatic rings. The zero-order valence-corrected chi connectivity index (χ0v) is 14.4. The third-order valence-corrected chi connectivity index (χ3v) is 4.37. The van der Waals surface area contributed by atoms with Gasteiger partial charge in [-0.1, -0.05) is 12.1 Å². The summed E-state index contributed by atoms with van der Waals surface area (Å²) in [5.74, 6) is -0.0908. The number of thioether (sulfide) groups is 1. The first kappa shape index (κ1) is 16.3. The summed E-state index contributed by atoms with van der Waals surface area (Å²) in [5.41, 5.74) is 3.39. The second kappa shape index (κ2) is 7.31. The second-order valence-corrected chi connectivity index (χ2v) is 6.21. The molecule has 0 saturated heterocycles. The fourth-order valence-electron chi connectivity index (χ4n) is 2.43. The number of nitrogens with zero attached hydrogens (tertiary/aromatic N) is 3. The van der Waals surface area contributed by atoms with Gasteiger partial charge in [-0.15, -0.1) is 11.8 Å². The van der Waals surface area contributed by atoms with Crippen LogP contribution < -0.4 is 5.32 Å². The number of carbonyl (C=O) groups excluding carboxylic acids is 1. The van der Waals surface area contributed by atoms with Crippen molar-refractivity contribution in [2.75, 3.05) is 6.26 Å². The van der Waals surface area contributed by atoms with Crippen LogP contribution in [0.1, 0.15) is 15.9 Å². The second-order valence-electron chi connectivity index (χ2n) is 5.33. The van der Waals surface area contributed by atoms with Gasteiger partial charge in [0.1, 0.15) is 0 Å². The quantitative estimate of drug-likeness (QED) is 0.726. The van der Waals surface area contributed by atoms with Gasteiger partial charge in [0.15, 0.2) is 0 Å². The number of rotatable bonds is 5. The molecule has 122 valence electrons. The Balaban J connectivity index is 1.76. The lowest BCUT2D eigenvalue weighted by atomic mass is 10.1. The highest BCUT2D eigenvalue weighted by Crippen LogP contribution is 2.20. The van der Waals surface area contributed by atoms with Crippen LogP contribution in [0.5, 0.6) is 0 Å². The minimum atomic E-state index is -0.0908. The van der Waals surface area contributed by atoms with Crippen LogP contribution in [-0.2, 0) is 13.6 Å². The van der Waals surface area contributed by atoms with Gasteiger partial charge in [-0.3, -0.25) is 14.5 Å². The minimum Gasteiger partial charge on any atom is -0.348 e. The van der Waals surface area contributed by atoms with Crippen molar-refractivity contribution >= 4 is 17.7 Å². The van der Waals surface area contributed by atoms with Crippen molar-refractivity contribution in [2.24, 2.45) is 7.05 Å². The van der Waals surface area contributed by atoms with Gasteiger partial charge < -0.3 is 5.32 Å². The molecule has 2 aromatic heterocycles. The molecule has 0 bridgehead atoms. The molecule has 1 aromatic carbocycles. The van der Waals surface area contributed by atoms with E-state index in [1.807, 2.05) is 55.9 Å². The lowest BCUT2D eigenvalue weighted by Crippen LogP contribution is -2.23. The van der Waals surface area contributed by atoms with E-state index in [2.05, 4.69) is 15.4 Å². The van der Waals surface area contributed by atoms with Crippen molar-refractivity contribution in [1.29, 1.82) is 0 Å². The number of benzene rings is 1. The van der Waals surface area contributed by atoms with E-state index in [0.29, 0.717) is 12.1 Å². The molecule has 0 aliphatic heterocycles. The van der Waals surface area contributed by atoms with E-state index >= 15 is 0 Å². The van der Waals surface area contributed by atoms with Crippen molar-refractivity contribution in [3.8, 4) is 11.3 Å². The molecule has 0 aliphatic carbocycles. The van der Waals surface area contributed by atoms with Gasteiger partial charge in [0.05, 0.1) is 11.9 Å². The predicted octanol–water partition coefficient (Wildman–Crippen LogP) is 3.13. The van der Waals surface area contributed by atoms with Crippen LogP contribution in [-0.4, -0.2) is 26.9 Å². The van der Waals surface area contributed by atoms with Crippen molar-refractivity contribution < 1.29 is 4.79 Å². The number of carbonyl (C=O) groups is 1. The highest BCUT2D eigenvalue weighted by Gasteiger charge is 2.11. The monoisotopic (exact) mass is 338 g/mol. The molecule has 0 saturated carbocycles. The summed E-state index contributed by atoms with van der Waals surface area (Å²) < 4.78 is 1.74. The first-order valence-electron chi connectivity index (χ1n) is 7.52. The molecule has 24 heavy (non-hydrogen) atoms. The highest BCUT2D eigenvalue weighted by atomic mass is 32.2. The number of pyridine rings is 1. The molecule has 0 atom stereocenters. The van der Waals surface area contributed by atoms with Gasteiger partial charge in [-0.2, -0.15) is 5.10 Å². The van der Waals surface area contributed by atoms with Gasteiger partial charge in [0.2, 0.25) is 0 Å². The van der Waals surface area contributed by atoms with Crippen LogP contribution in [0.3, 0.4) is 0 Å². The van der Waals surface area contributed by atoms with Crippen LogP contribution in [0.4, 0.5) is 0 Å². The fourth-order valence-corrected chi connectivity index (χ4v) is 2.89. The number of hydrogen-bond donors (Lipinski definition) is 1. The average Bonchev–Trinajstić information content (AvgIpc) is 3.06. The van der Waals surface area contributed by atoms with Gasteiger partial charge in [-0.05, 0) is 36.1 Å². The highest BCUT2D eigenvalue weighted by molar-refractivity contribution is 7.98. The molecule has 6 heteroatoms. The van der Waals surface area contributed by atoms with Crippen LogP contribution in [0.15, 0.2) is 59.9 Å². The predicted molar refractivity (Wildman–Crippen MR) is 95.8 cm³/mol. The Morgan fingerprint density at radius 1 is 1.29 bits per heavy atom. The molecule has 0 aliphatic rings. The molecule has 5 nitrogen and oxygen atoms in total. The van der Waals surface area contributed by atoms with E-state index in [1.54, 1.807) is 28.8 Å². The van der Waals surface area contributed by atoms with Gasteiger partial charge in [-0.25, -0.2) is 0 Å². The smallest absolute Gasteiger partial charge is 0.251 e. The molecule has 1 amide bonds. The average molecular weight is 338 g/mol. The first-order chi connectivity index (χ1) is 11.7. The number of aromatic nitrogens is 3. The number of amides is 1. The van der Waals surface area contributed by atoms with Crippen LogP contribution in [0, 0.1) is 0 Å². The van der Waals surface area contributed by atoms with Crippen molar-refractivity contribution in [3.05, 3.63) is 66.1 Å². The third kappa shape index (κ3) is 3.65. The number of aryl methyl sites for hydroxylation is 1. The molecule has 1 N–H and O–H groups in total. The standard InChI is InChI=1S/C18H18N4OS/c1-22-12-15(11-21-22)17-14(6-4-8-19-17)10-20-18(23)13-5-3-7-16(9-13)24-2/h3-9,11-12H,10H2,1-2H3,(H,20,23). The zero-order chi connectivity index (χ0) is 16.9. The summed E-state index contributed by atoms with van der Waals surface area (Å²) in [4.78, 5) is 17.9. The summed E-state index contributed by atoms with van der Waals surface area (Å²) in [6, 6.07) is 11.4. The zero-order valence-electron chi connectivity index (χ0n) is 13.6. The molecule has 0 spiro atoms. The van der Waals surface area contributed by atoms with E-state index in [9.17, 15) is 4.79 Å². The van der Waals surface area contributed by atoms with Gasteiger partial charge >= 0.3 is 0 Å². The molecule has 3 rings (SSSR count). The Bertz CT molecular complexity index is 859. The van der Waals surface area contributed by atoms with Gasteiger partial charge in [0, 0.05) is 42.0 Å². The van der Waals surface area contributed by atoms with E-state index in [0.717, 1.165) is 21.7 Å². The van der Waals surface area contributed by atoms with E-state index in [-0.39, 0.29) is 5.91 Å². The van der Waals surface area contributed by atoms with Crippen LogP contribution >= 0.6 is 11.8 Å². The molecule has 0 fully saturated rings.